The van der Waals surface area contributed by atoms with E-state index in [1.807, 2.05) is 36.5 Å². The zero-order valence-electron chi connectivity index (χ0n) is 9.99. The lowest BCUT2D eigenvalue weighted by molar-refractivity contribution is 0.307. The summed E-state index contributed by atoms with van der Waals surface area (Å²) in [4.78, 5) is 3.19. The van der Waals surface area contributed by atoms with Crippen LogP contribution in [0.25, 0.3) is 10.9 Å². The summed E-state index contributed by atoms with van der Waals surface area (Å²) in [7, 11) is 0. The second-order valence-electron chi connectivity index (χ2n) is 4.22. The van der Waals surface area contributed by atoms with Crippen LogP contribution >= 0.6 is 23.2 Å². The molecule has 19 heavy (non-hydrogen) atoms. The summed E-state index contributed by atoms with van der Waals surface area (Å²) < 4.78 is 5.73. The van der Waals surface area contributed by atoms with Gasteiger partial charge in [0.2, 0.25) is 0 Å². The Kier molecular flexibility index (Phi) is 3.36. The Morgan fingerprint density at radius 1 is 1.00 bits per heavy atom. The SMILES string of the molecule is Clc1ccc(OCc2c[nH]c3cccc(Cl)c23)cc1. The fourth-order valence-electron chi connectivity index (χ4n) is 2.01. The molecule has 0 aliphatic heterocycles. The van der Waals surface area contributed by atoms with Gasteiger partial charge in [-0.25, -0.2) is 0 Å². The van der Waals surface area contributed by atoms with E-state index in [1.165, 1.54) is 0 Å². The normalized spacial score (nSPS) is 10.8. The molecule has 0 atom stereocenters. The topological polar surface area (TPSA) is 25.0 Å². The first-order valence-corrected chi connectivity index (χ1v) is 6.62. The maximum Gasteiger partial charge on any atom is 0.119 e. The van der Waals surface area contributed by atoms with E-state index in [2.05, 4.69) is 4.98 Å². The number of benzene rings is 2. The number of halogens is 2. The lowest BCUT2D eigenvalue weighted by Gasteiger charge is -2.06. The van der Waals surface area contributed by atoms with E-state index in [-0.39, 0.29) is 0 Å². The van der Waals surface area contributed by atoms with Crippen molar-refractivity contribution < 1.29 is 4.74 Å². The molecule has 0 aliphatic carbocycles. The van der Waals surface area contributed by atoms with Crippen LogP contribution in [-0.2, 0) is 6.61 Å². The predicted octanol–water partition coefficient (Wildman–Crippen LogP) is 5.05. The van der Waals surface area contributed by atoms with Crippen molar-refractivity contribution >= 4 is 34.1 Å². The Balaban J connectivity index is 1.84. The van der Waals surface area contributed by atoms with Gasteiger partial charge >= 0.3 is 0 Å². The molecule has 0 fully saturated rings. The van der Waals surface area contributed by atoms with Crippen LogP contribution in [0.5, 0.6) is 5.75 Å². The molecule has 0 bridgehead atoms. The highest BCUT2D eigenvalue weighted by Gasteiger charge is 2.07. The van der Waals surface area contributed by atoms with Gasteiger partial charge in [0, 0.05) is 27.7 Å². The second-order valence-corrected chi connectivity index (χ2v) is 5.06. The fourth-order valence-corrected chi connectivity index (χ4v) is 2.44. The van der Waals surface area contributed by atoms with Crippen molar-refractivity contribution in [2.24, 2.45) is 0 Å². The van der Waals surface area contributed by atoms with Gasteiger partial charge in [0.15, 0.2) is 0 Å². The van der Waals surface area contributed by atoms with E-state index in [9.17, 15) is 0 Å². The first-order valence-electron chi connectivity index (χ1n) is 5.87. The van der Waals surface area contributed by atoms with E-state index >= 15 is 0 Å². The van der Waals surface area contributed by atoms with Gasteiger partial charge in [0.25, 0.3) is 0 Å². The minimum atomic E-state index is 0.464. The minimum absolute atomic E-state index is 0.464. The van der Waals surface area contributed by atoms with E-state index in [4.69, 9.17) is 27.9 Å². The van der Waals surface area contributed by atoms with E-state index in [1.54, 1.807) is 12.1 Å². The number of aromatic amines is 1. The summed E-state index contributed by atoms with van der Waals surface area (Å²) in [6.45, 7) is 0.464. The molecule has 1 N–H and O–H groups in total. The van der Waals surface area contributed by atoms with Crippen LogP contribution < -0.4 is 4.74 Å². The third-order valence-electron chi connectivity index (χ3n) is 2.94. The highest BCUT2D eigenvalue weighted by molar-refractivity contribution is 6.35. The zero-order valence-corrected chi connectivity index (χ0v) is 11.5. The maximum atomic E-state index is 6.21. The van der Waals surface area contributed by atoms with Gasteiger partial charge < -0.3 is 9.72 Å². The van der Waals surface area contributed by atoms with Crippen LogP contribution in [0.3, 0.4) is 0 Å². The molecule has 0 radical (unpaired) electrons. The molecule has 0 unspecified atom stereocenters. The number of aromatic nitrogens is 1. The van der Waals surface area contributed by atoms with Crippen molar-refractivity contribution in [3.05, 3.63) is 64.3 Å². The molecule has 0 saturated heterocycles. The predicted molar refractivity (Wildman–Crippen MR) is 79.1 cm³/mol. The number of rotatable bonds is 3. The standard InChI is InChI=1S/C15H11Cl2NO/c16-11-4-6-12(7-5-11)19-9-10-8-18-14-3-1-2-13(17)15(10)14/h1-8,18H,9H2. The molecule has 0 spiro atoms. The molecule has 96 valence electrons. The van der Waals surface area contributed by atoms with Crippen LogP contribution in [0.4, 0.5) is 0 Å². The molecule has 0 saturated carbocycles. The molecule has 2 aromatic carbocycles. The van der Waals surface area contributed by atoms with E-state index in [0.717, 1.165) is 27.2 Å². The molecule has 1 aromatic heterocycles. The number of H-pyrrole nitrogens is 1. The molecular formula is C15H11Cl2NO. The lowest BCUT2D eigenvalue weighted by Crippen LogP contribution is -1.94. The smallest absolute Gasteiger partial charge is 0.119 e. The van der Waals surface area contributed by atoms with Crippen LogP contribution in [-0.4, -0.2) is 4.98 Å². The van der Waals surface area contributed by atoms with Gasteiger partial charge in [-0.2, -0.15) is 0 Å². The Morgan fingerprint density at radius 2 is 1.79 bits per heavy atom. The van der Waals surface area contributed by atoms with Gasteiger partial charge in [-0.15, -0.1) is 0 Å². The summed E-state index contributed by atoms with van der Waals surface area (Å²) in [6.07, 6.45) is 1.92. The van der Waals surface area contributed by atoms with Gasteiger partial charge in [0.1, 0.15) is 12.4 Å². The molecule has 3 aromatic rings. The summed E-state index contributed by atoms with van der Waals surface area (Å²) in [6, 6.07) is 13.1. The zero-order chi connectivity index (χ0) is 13.2. The Hall–Kier alpha value is -1.64. The molecule has 3 rings (SSSR count). The third kappa shape index (κ3) is 2.55. The summed E-state index contributed by atoms with van der Waals surface area (Å²) >= 11 is 12.0. The Bertz CT molecular complexity index is 704. The van der Waals surface area contributed by atoms with Gasteiger partial charge in [-0.3, -0.25) is 0 Å². The van der Waals surface area contributed by atoms with Gasteiger partial charge in [0.05, 0.1) is 5.02 Å². The Morgan fingerprint density at radius 3 is 2.58 bits per heavy atom. The number of ether oxygens (including phenoxy) is 1. The van der Waals surface area contributed by atoms with Gasteiger partial charge in [-0.1, -0.05) is 29.3 Å². The summed E-state index contributed by atoms with van der Waals surface area (Å²) in [5, 5.41) is 2.44. The molecule has 0 aliphatic rings. The van der Waals surface area contributed by atoms with Gasteiger partial charge in [-0.05, 0) is 36.4 Å². The van der Waals surface area contributed by atoms with Crippen molar-refractivity contribution in [1.82, 2.24) is 4.98 Å². The highest BCUT2D eigenvalue weighted by atomic mass is 35.5. The minimum Gasteiger partial charge on any atom is -0.489 e. The largest absolute Gasteiger partial charge is 0.489 e. The first kappa shape index (κ1) is 12.4. The molecule has 4 heteroatoms. The summed E-state index contributed by atoms with van der Waals surface area (Å²) in [5.74, 6) is 0.783. The second kappa shape index (κ2) is 5.16. The van der Waals surface area contributed by atoms with Crippen LogP contribution in [0.2, 0.25) is 10.0 Å². The lowest BCUT2D eigenvalue weighted by atomic mass is 10.2. The third-order valence-corrected chi connectivity index (χ3v) is 3.51. The van der Waals surface area contributed by atoms with E-state index < -0.39 is 0 Å². The average molecular weight is 292 g/mol. The fraction of sp³-hybridized carbons (Fsp3) is 0.0667. The first-order chi connectivity index (χ1) is 9.24. The van der Waals surface area contributed by atoms with Crippen molar-refractivity contribution in [2.75, 3.05) is 0 Å². The number of fused-ring (bicyclic) bond motifs is 1. The molecule has 1 heterocycles. The molecule has 2 nitrogen and oxygen atoms in total. The van der Waals surface area contributed by atoms with Crippen LogP contribution in [0.15, 0.2) is 48.7 Å². The van der Waals surface area contributed by atoms with Crippen molar-refractivity contribution in [3.63, 3.8) is 0 Å². The number of hydrogen-bond acceptors (Lipinski definition) is 1. The Labute approximate surface area is 120 Å². The van der Waals surface area contributed by atoms with Crippen LogP contribution in [0, 0.1) is 0 Å². The summed E-state index contributed by atoms with van der Waals surface area (Å²) in [5.41, 5.74) is 2.05. The maximum absolute atomic E-state index is 6.21. The van der Waals surface area contributed by atoms with Crippen molar-refractivity contribution in [2.45, 2.75) is 6.61 Å². The van der Waals surface area contributed by atoms with Crippen molar-refractivity contribution in [1.29, 1.82) is 0 Å². The number of hydrogen-bond donors (Lipinski definition) is 1. The van der Waals surface area contributed by atoms with Crippen molar-refractivity contribution in [3.8, 4) is 5.75 Å². The van der Waals surface area contributed by atoms with E-state index in [0.29, 0.717) is 11.6 Å². The highest BCUT2D eigenvalue weighted by Crippen LogP contribution is 2.27. The van der Waals surface area contributed by atoms with Crippen LogP contribution in [0.1, 0.15) is 5.56 Å². The molecular weight excluding hydrogens is 281 g/mol. The number of nitrogens with one attached hydrogen (secondary N) is 1. The quantitative estimate of drug-likeness (QED) is 0.717. The monoisotopic (exact) mass is 291 g/mol. The average Bonchev–Trinajstić information content (AvgIpc) is 2.83. The molecule has 0 amide bonds.